The van der Waals surface area contributed by atoms with Gasteiger partial charge in [0.25, 0.3) is 5.91 Å². The van der Waals surface area contributed by atoms with Crippen molar-refractivity contribution in [3.05, 3.63) is 48.3 Å². The highest BCUT2D eigenvalue weighted by molar-refractivity contribution is 5.97. The Kier molecular flexibility index (Phi) is 4.41. The Morgan fingerprint density at radius 3 is 2.65 bits per heavy atom. The Morgan fingerprint density at radius 1 is 1.22 bits per heavy atom. The first kappa shape index (κ1) is 15.3. The van der Waals surface area contributed by atoms with Crippen LogP contribution < -0.4 is 0 Å². The molecule has 1 fully saturated rings. The first-order valence-electron chi connectivity index (χ1n) is 7.69. The van der Waals surface area contributed by atoms with Gasteiger partial charge >= 0.3 is 5.97 Å². The number of likely N-dealkylation sites (tertiary alicyclic amines) is 1. The van der Waals surface area contributed by atoms with Gasteiger partial charge in [-0.2, -0.15) is 5.10 Å². The van der Waals surface area contributed by atoms with E-state index in [0.29, 0.717) is 18.5 Å². The minimum atomic E-state index is -0.480. The molecule has 1 amide bonds. The average Bonchev–Trinajstić information content (AvgIpc) is 3.15. The highest BCUT2D eigenvalue weighted by Crippen LogP contribution is 2.21. The Labute approximate surface area is 134 Å². The minimum absolute atomic E-state index is 0.132. The van der Waals surface area contributed by atoms with Gasteiger partial charge in [0.2, 0.25) is 0 Å². The summed E-state index contributed by atoms with van der Waals surface area (Å²) in [5.41, 5.74) is 1.45. The Bertz CT molecular complexity index is 680. The molecule has 1 saturated heterocycles. The zero-order valence-corrected chi connectivity index (χ0v) is 13.0. The number of hydrogen-bond acceptors (Lipinski definition) is 4. The third-order valence-electron chi connectivity index (χ3n) is 4.12. The van der Waals surface area contributed by atoms with Crippen LogP contribution in [0, 0.1) is 0 Å². The van der Waals surface area contributed by atoms with E-state index in [0.717, 1.165) is 18.5 Å². The fraction of sp³-hybridized carbons (Fsp3) is 0.353. The van der Waals surface area contributed by atoms with Crippen LogP contribution in [0.15, 0.2) is 42.7 Å². The quantitative estimate of drug-likeness (QED) is 0.814. The maximum Gasteiger partial charge on any atom is 0.328 e. The maximum atomic E-state index is 12.7. The molecule has 3 rings (SSSR count). The van der Waals surface area contributed by atoms with Crippen LogP contribution in [-0.4, -0.2) is 46.3 Å². The fourth-order valence-electron chi connectivity index (χ4n) is 2.90. The number of esters is 1. The van der Waals surface area contributed by atoms with E-state index in [1.807, 2.05) is 24.4 Å². The summed E-state index contributed by atoms with van der Waals surface area (Å²) in [7, 11) is 1.36. The number of rotatable bonds is 3. The Morgan fingerprint density at radius 2 is 2.00 bits per heavy atom. The molecule has 0 bridgehead atoms. The molecule has 6 heteroatoms. The second kappa shape index (κ2) is 6.64. The van der Waals surface area contributed by atoms with Crippen molar-refractivity contribution >= 4 is 11.9 Å². The van der Waals surface area contributed by atoms with Crippen LogP contribution in [0.4, 0.5) is 0 Å². The molecule has 1 aromatic carbocycles. The molecular weight excluding hydrogens is 294 g/mol. The lowest BCUT2D eigenvalue weighted by atomic mass is 10.0. The van der Waals surface area contributed by atoms with E-state index in [1.54, 1.807) is 27.9 Å². The number of amides is 1. The zero-order valence-electron chi connectivity index (χ0n) is 13.0. The van der Waals surface area contributed by atoms with Gasteiger partial charge < -0.3 is 9.64 Å². The van der Waals surface area contributed by atoms with Crippen LogP contribution in [-0.2, 0) is 9.53 Å². The number of benzene rings is 1. The second-order valence-corrected chi connectivity index (χ2v) is 5.53. The van der Waals surface area contributed by atoms with E-state index >= 15 is 0 Å². The van der Waals surface area contributed by atoms with Crippen molar-refractivity contribution in [3.63, 3.8) is 0 Å². The van der Waals surface area contributed by atoms with Gasteiger partial charge in [0.05, 0.1) is 12.8 Å². The van der Waals surface area contributed by atoms with Crippen molar-refractivity contribution in [2.45, 2.75) is 25.3 Å². The van der Waals surface area contributed by atoms with Crippen molar-refractivity contribution in [2.24, 2.45) is 0 Å². The molecule has 2 aromatic rings. The number of methoxy groups -OCH3 is 1. The number of piperidine rings is 1. The topological polar surface area (TPSA) is 64.4 Å². The average molecular weight is 313 g/mol. The smallest absolute Gasteiger partial charge is 0.328 e. The largest absolute Gasteiger partial charge is 0.467 e. The van der Waals surface area contributed by atoms with Gasteiger partial charge in [0.1, 0.15) is 6.04 Å². The lowest BCUT2D eigenvalue weighted by molar-refractivity contribution is -0.147. The van der Waals surface area contributed by atoms with E-state index in [-0.39, 0.29) is 11.9 Å². The highest BCUT2D eigenvalue weighted by Gasteiger charge is 2.33. The first-order chi connectivity index (χ1) is 11.2. The zero-order chi connectivity index (χ0) is 16.2. The Balaban J connectivity index is 1.80. The summed E-state index contributed by atoms with van der Waals surface area (Å²) < 4.78 is 6.56. The SMILES string of the molecule is COC(=O)C1CCCCN1C(=O)c1ccc(-n2cccn2)cc1. The number of nitrogens with zero attached hydrogens (tertiary/aromatic N) is 3. The standard InChI is InChI=1S/C17H19N3O3/c1-23-17(22)15-5-2-3-11-19(15)16(21)13-6-8-14(9-7-13)20-12-4-10-18-20/h4,6-10,12,15H,2-3,5,11H2,1H3. The molecule has 1 aromatic heterocycles. The molecule has 23 heavy (non-hydrogen) atoms. The van der Waals surface area contributed by atoms with E-state index in [2.05, 4.69) is 5.10 Å². The van der Waals surface area contributed by atoms with E-state index in [9.17, 15) is 9.59 Å². The van der Waals surface area contributed by atoms with E-state index in [4.69, 9.17) is 4.74 Å². The summed E-state index contributed by atoms with van der Waals surface area (Å²) in [6.45, 7) is 0.583. The van der Waals surface area contributed by atoms with Crippen molar-refractivity contribution in [3.8, 4) is 5.69 Å². The molecule has 0 saturated carbocycles. The van der Waals surface area contributed by atoms with Gasteiger partial charge in [0.15, 0.2) is 0 Å². The summed E-state index contributed by atoms with van der Waals surface area (Å²) in [6.07, 6.45) is 6.04. The molecule has 120 valence electrons. The molecule has 2 heterocycles. The Hall–Kier alpha value is -2.63. The van der Waals surface area contributed by atoms with Crippen molar-refractivity contribution in [2.75, 3.05) is 13.7 Å². The van der Waals surface area contributed by atoms with Crippen LogP contribution in [0.1, 0.15) is 29.6 Å². The lowest BCUT2D eigenvalue weighted by Crippen LogP contribution is -2.48. The summed E-state index contributed by atoms with van der Waals surface area (Å²) in [5.74, 6) is -0.474. The summed E-state index contributed by atoms with van der Waals surface area (Å²) in [6, 6.07) is 8.58. The molecule has 1 atom stereocenters. The maximum absolute atomic E-state index is 12.7. The van der Waals surface area contributed by atoms with Crippen LogP contribution >= 0.6 is 0 Å². The molecule has 1 aliphatic rings. The van der Waals surface area contributed by atoms with Crippen molar-refractivity contribution in [1.29, 1.82) is 0 Å². The molecule has 0 radical (unpaired) electrons. The normalized spacial score (nSPS) is 17.8. The van der Waals surface area contributed by atoms with Crippen molar-refractivity contribution in [1.82, 2.24) is 14.7 Å². The van der Waals surface area contributed by atoms with Gasteiger partial charge in [-0.25, -0.2) is 9.48 Å². The van der Waals surface area contributed by atoms with Gasteiger partial charge in [-0.1, -0.05) is 0 Å². The van der Waals surface area contributed by atoms with E-state index < -0.39 is 6.04 Å². The molecule has 0 aliphatic carbocycles. The van der Waals surface area contributed by atoms with Crippen LogP contribution in [0.5, 0.6) is 0 Å². The van der Waals surface area contributed by atoms with E-state index in [1.165, 1.54) is 7.11 Å². The second-order valence-electron chi connectivity index (χ2n) is 5.53. The van der Waals surface area contributed by atoms with Gasteiger partial charge in [0, 0.05) is 24.5 Å². The first-order valence-corrected chi connectivity index (χ1v) is 7.69. The molecule has 6 nitrogen and oxygen atoms in total. The summed E-state index contributed by atoms with van der Waals surface area (Å²) in [4.78, 5) is 26.2. The molecular formula is C17H19N3O3. The number of ether oxygens (including phenoxy) is 1. The van der Waals surface area contributed by atoms with Crippen molar-refractivity contribution < 1.29 is 14.3 Å². The molecule has 1 aliphatic heterocycles. The van der Waals surface area contributed by atoms with Gasteiger partial charge in [-0.15, -0.1) is 0 Å². The predicted octanol–water partition coefficient (Wildman–Crippen LogP) is 2.04. The number of carbonyl (C=O) groups excluding carboxylic acids is 2. The monoisotopic (exact) mass is 313 g/mol. The third-order valence-corrected chi connectivity index (χ3v) is 4.12. The molecule has 0 N–H and O–H groups in total. The number of carbonyl (C=O) groups is 2. The number of aromatic nitrogens is 2. The minimum Gasteiger partial charge on any atom is -0.467 e. The summed E-state index contributed by atoms with van der Waals surface area (Å²) in [5, 5.41) is 4.16. The van der Waals surface area contributed by atoms with Gasteiger partial charge in [-0.05, 0) is 49.6 Å². The van der Waals surface area contributed by atoms with Crippen LogP contribution in [0.3, 0.4) is 0 Å². The van der Waals surface area contributed by atoms with Crippen LogP contribution in [0.25, 0.3) is 5.69 Å². The summed E-state index contributed by atoms with van der Waals surface area (Å²) >= 11 is 0. The molecule has 1 unspecified atom stereocenters. The fourth-order valence-corrected chi connectivity index (χ4v) is 2.90. The molecule has 0 spiro atoms. The number of hydrogen-bond donors (Lipinski definition) is 0. The van der Waals surface area contributed by atoms with Crippen LogP contribution in [0.2, 0.25) is 0 Å². The third kappa shape index (κ3) is 3.11. The highest BCUT2D eigenvalue weighted by atomic mass is 16.5. The lowest BCUT2D eigenvalue weighted by Gasteiger charge is -2.33. The van der Waals surface area contributed by atoms with Gasteiger partial charge in [-0.3, -0.25) is 4.79 Å². The predicted molar refractivity (Wildman–Crippen MR) is 84.3 cm³/mol.